The van der Waals surface area contributed by atoms with Crippen LogP contribution in [0.1, 0.15) is 31.9 Å². The van der Waals surface area contributed by atoms with Gasteiger partial charge in [0.05, 0.1) is 0 Å². The first kappa shape index (κ1) is 17.7. The maximum atomic E-state index is 11.8. The van der Waals surface area contributed by atoms with E-state index in [2.05, 4.69) is 22.7 Å². The van der Waals surface area contributed by atoms with Crippen LogP contribution in [0.25, 0.3) is 0 Å². The van der Waals surface area contributed by atoms with Gasteiger partial charge in [-0.2, -0.15) is 5.26 Å². The Bertz CT molecular complexity index is 531. The van der Waals surface area contributed by atoms with Crippen molar-refractivity contribution in [2.45, 2.75) is 33.1 Å². The normalized spacial score (nSPS) is 11.0. The van der Waals surface area contributed by atoms with E-state index in [4.69, 9.17) is 14.5 Å². The highest BCUT2D eigenvalue weighted by Gasteiger charge is 2.08. The van der Waals surface area contributed by atoms with E-state index in [-0.39, 0.29) is 5.57 Å². The number of aromatic nitrogens is 1. The van der Waals surface area contributed by atoms with Gasteiger partial charge in [0.2, 0.25) is 0 Å². The van der Waals surface area contributed by atoms with Gasteiger partial charge in [0.25, 0.3) is 5.91 Å². The molecule has 0 saturated carbocycles. The summed E-state index contributed by atoms with van der Waals surface area (Å²) in [7, 11) is 0. The maximum absolute atomic E-state index is 11.8. The lowest BCUT2D eigenvalue weighted by Crippen LogP contribution is -2.26. The SMILES string of the molecule is CCCCOCCCNC(=O)/C(C#N)=C\Nc1cc(C)on1. The van der Waals surface area contributed by atoms with Gasteiger partial charge in [0.15, 0.2) is 5.82 Å². The van der Waals surface area contributed by atoms with Crippen molar-refractivity contribution in [3.05, 3.63) is 23.6 Å². The summed E-state index contributed by atoms with van der Waals surface area (Å²) in [4.78, 5) is 11.8. The largest absolute Gasteiger partial charge is 0.381 e. The van der Waals surface area contributed by atoms with Crippen LogP contribution in [0, 0.1) is 18.3 Å². The lowest BCUT2D eigenvalue weighted by Gasteiger charge is -2.05. The van der Waals surface area contributed by atoms with E-state index in [9.17, 15) is 4.79 Å². The number of nitrogens with zero attached hydrogens (tertiary/aromatic N) is 2. The fourth-order valence-corrected chi connectivity index (χ4v) is 1.55. The quantitative estimate of drug-likeness (QED) is 0.390. The molecule has 0 unspecified atom stereocenters. The molecule has 0 radical (unpaired) electrons. The number of ether oxygens (including phenoxy) is 1. The van der Waals surface area contributed by atoms with Gasteiger partial charge in [0, 0.05) is 32.0 Å². The zero-order valence-corrected chi connectivity index (χ0v) is 13.0. The minimum atomic E-state index is -0.427. The van der Waals surface area contributed by atoms with E-state index >= 15 is 0 Å². The second-order valence-electron chi connectivity index (χ2n) is 4.71. The van der Waals surface area contributed by atoms with Crippen LogP contribution in [0.5, 0.6) is 0 Å². The highest BCUT2D eigenvalue weighted by atomic mass is 16.5. The van der Waals surface area contributed by atoms with E-state index < -0.39 is 5.91 Å². The molecule has 1 rings (SSSR count). The average molecular weight is 306 g/mol. The standard InChI is InChI=1S/C15H22N4O3/c1-3-4-7-21-8-5-6-17-15(20)13(10-16)11-18-14-9-12(2)22-19-14/h9,11H,3-8H2,1-2H3,(H,17,20)(H,18,19)/b13-11-. The van der Waals surface area contributed by atoms with E-state index in [0.717, 1.165) is 19.4 Å². The van der Waals surface area contributed by atoms with Crippen molar-refractivity contribution in [2.75, 3.05) is 25.1 Å². The van der Waals surface area contributed by atoms with E-state index in [1.807, 2.05) is 6.07 Å². The van der Waals surface area contributed by atoms with Gasteiger partial charge in [-0.3, -0.25) is 4.79 Å². The predicted octanol–water partition coefficient (Wildman–Crippen LogP) is 2.13. The molecular formula is C15H22N4O3. The molecule has 0 fully saturated rings. The molecule has 0 aliphatic heterocycles. The van der Waals surface area contributed by atoms with Crippen molar-refractivity contribution < 1.29 is 14.1 Å². The number of anilines is 1. The number of nitriles is 1. The average Bonchev–Trinajstić information content (AvgIpc) is 2.92. The number of hydrogen-bond acceptors (Lipinski definition) is 6. The van der Waals surface area contributed by atoms with Crippen molar-refractivity contribution in [3.8, 4) is 6.07 Å². The van der Waals surface area contributed by atoms with Crippen molar-refractivity contribution in [2.24, 2.45) is 0 Å². The minimum absolute atomic E-state index is 0.0208. The fraction of sp³-hybridized carbons (Fsp3) is 0.533. The Morgan fingerprint density at radius 3 is 2.91 bits per heavy atom. The molecule has 7 nitrogen and oxygen atoms in total. The van der Waals surface area contributed by atoms with Gasteiger partial charge in [-0.1, -0.05) is 18.5 Å². The van der Waals surface area contributed by atoms with Crippen LogP contribution in [0.15, 0.2) is 22.4 Å². The van der Waals surface area contributed by atoms with E-state index in [1.54, 1.807) is 13.0 Å². The second-order valence-corrected chi connectivity index (χ2v) is 4.71. The Kier molecular flexibility index (Phi) is 8.38. The van der Waals surface area contributed by atoms with E-state index in [0.29, 0.717) is 31.2 Å². The molecule has 1 amide bonds. The maximum Gasteiger partial charge on any atom is 0.263 e. The predicted molar refractivity (Wildman–Crippen MR) is 81.9 cm³/mol. The van der Waals surface area contributed by atoms with Crippen LogP contribution in [-0.4, -0.2) is 30.8 Å². The summed E-state index contributed by atoms with van der Waals surface area (Å²) >= 11 is 0. The zero-order chi connectivity index (χ0) is 16.2. The number of rotatable bonds is 10. The summed E-state index contributed by atoms with van der Waals surface area (Å²) in [5, 5.41) is 18.1. The monoisotopic (exact) mass is 306 g/mol. The second kappa shape index (κ2) is 10.4. The lowest BCUT2D eigenvalue weighted by molar-refractivity contribution is -0.117. The minimum Gasteiger partial charge on any atom is -0.381 e. The van der Waals surface area contributed by atoms with Crippen molar-refractivity contribution >= 4 is 11.7 Å². The van der Waals surface area contributed by atoms with Crippen LogP contribution in [0.4, 0.5) is 5.82 Å². The van der Waals surface area contributed by atoms with Crippen LogP contribution < -0.4 is 10.6 Å². The molecule has 2 N–H and O–H groups in total. The molecule has 7 heteroatoms. The molecule has 22 heavy (non-hydrogen) atoms. The third-order valence-electron chi connectivity index (χ3n) is 2.75. The number of unbranched alkanes of at least 4 members (excludes halogenated alkanes) is 1. The van der Waals surface area contributed by atoms with Crippen LogP contribution in [0.3, 0.4) is 0 Å². The summed E-state index contributed by atoms with van der Waals surface area (Å²) in [6, 6.07) is 3.51. The first-order chi connectivity index (χ1) is 10.7. The molecule has 0 bridgehead atoms. The zero-order valence-electron chi connectivity index (χ0n) is 13.0. The van der Waals surface area contributed by atoms with Crippen LogP contribution in [0.2, 0.25) is 0 Å². The van der Waals surface area contributed by atoms with Crippen LogP contribution in [-0.2, 0) is 9.53 Å². The topological polar surface area (TPSA) is 100 Å². The smallest absolute Gasteiger partial charge is 0.263 e. The number of hydrogen-bond donors (Lipinski definition) is 2. The number of carbonyl (C=O) groups is 1. The molecular weight excluding hydrogens is 284 g/mol. The fourth-order valence-electron chi connectivity index (χ4n) is 1.55. The summed E-state index contributed by atoms with van der Waals surface area (Å²) in [5.74, 6) is 0.660. The molecule has 0 spiro atoms. The van der Waals surface area contributed by atoms with Gasteiger partial charge < -0.3 is 19.9 Å². The Labute approximate surface area is 130 Å². The summed E-state index contributed by atoms with van der Waals surface area (Å²) < 4.78 is 10.3. The Hall–Kier alpha value is -2.33. The molecule has 1 aromatic heterocycles. The third kappa shape index (κ3) is 6.90. The number of carbonyl (C=O) groups excluding carboxylic acids is 1. The van der Waals surface area contributed by atoms with Gasteiger partial charge in [0.1, 0.15) is 17.4 Å². The number of aryl methyl sites for hydroxylation is 1. The molecule has 1 heterocycles. The molecule has 1 aromatic rings. The summed E-state index contributed by atoms with van der Waals surface area (Å²) in [6.07, 6.45) is 4.17. The summed E-state index contributed by atoms with van der Waals surface area (Å²) in [5.41, 5.74) is -0.0208. The Balaban J connectivity index is 2.28. The number of amides is 1. The van der Waals surface area contributed by atoms with Gasteiger partial charge in [-0.05, 0) is 19.8 Å². The first-order valence-corrected chi connectivity index (χ1v) is 7.33. The third-order valence-corrected chi connectivity index (χ3v) is 2.75. The molecule has 120 valence electrons. The Morgan fingerprint density at radius 1 is 1.50 bits per heavy atom. The van der Waals surface area contributed by atoms with Gasteiger partial charge in [-0.15, -0.1) is 0 Å². The highest BCUT2D eigenvalue weighted by Crippen LogP contribution is 2.07. The van der Waals surface area contributed by atoms with Gasteiger partial charge in [-0.25, -0.2) is 0 Å². The molecule has 0 aliphatic carbocycles. The van der Waals surface area contributed by atoms with Crippen LogP contribution >= 0.6 is 0 Å². The van der Waals surface area contributed by atoms with Crippen molar-refractivity contribution in [1.82, 2.24) is 10.5 Å². The molecule has 0 aliphatic rings. The van der Waals surface area contributed by atoms with Crippen molar-refractivity contribution in [1.29, 1.82) is 5.26 Å². The van der Waals surface area contributed by atoms with Crippen molar-refractivity contribution in [3.63, 3.8) is 0 Å². The molecule has 0 atom stereocenters. The summed E-state index contributed by atoms with van der Waals surface area (Å²) in [6.45, 7) is 5.67. The molecule has 0 aromatic carbocycles. The first-order valence-electron chi connectivity index (χ1n) is 7.33. The number of nitrogens with one attached hydrogen (secondary N) is 2. The highest BCUT2D eigenvalue weighted by molar-refractivity contribution is 5.97. The Morgan fingerprint density at radius 2 is 2.27 bits per heavy atom. The molecule has 0 saturated heterocycles. The van der Waals surface area contributed by atoms with E-state index in [1.165, 1.54) is 6.20 Å². The lowest BCUT2D eigenvalue weighted by atomic mass is 10.3. The van der Waals surface area contributed by atoms with Gasteiger partial charge >= 0.3 is 0 Å².